The third-order valence-electron chi connectivity index (χ3n) is 3.82. The van der Waals surface area contributed by atoms with Gasteiger partial charge in [-0.1, -0.05) is 26.2 Å². The van der Waals surface area contributed by atoms with E-state index >= 15 is 0 Å². The van der Waals surface area contributed by atoms with Gasteiger partial charge in [-0.25, -0.2) is 0 Å². The summed E-state index contributed by atoms with van der Waals surface area (Å²) in [7, 11) is 1.78. The summed E-state index contributed by atoms with van der Waals surface area (Å²) in [5, 5.41) is 3.81. The molecule has 0 heterocycles. The maximum absolute atomic E-state index is 5.14. The minimum atomic E-state index is 0.599. The van der Waals surface area contributed by atoms with Crippen molar-refractivity contribution in [2.45, 2.75) is 70.9 Å². The minimum Gasteiger partial charge on any atom is -0.385 e. The van der Waals surface area contributed by atoms with Gasteiger partial charge in [0.05, 0.1) is 0 Å². The molecule has 96 valence electrons. The number of hydrogen-bond donors (Lipinski definition) is 1. The largest absolute Gasteiger partial charge is 0.385 e. The van der Waals surface area contributed by atoms with E-state index in [1.54, 1.807) is 7.11 Å². The molecule has 0 aliphatic heterocycles. The third-order valence-corrected chi connectivity index (χ3v) is 3.82. The van der Waals surface area contributed by atoms with Crippen LogP contribution < -0.4 is 5.32 Å². The van der Waals surface area contributed by atoms with E-state index < -0.39 is 0 Å². The molecule has 1 fully saturated rings. The molecule has 16 heavy (non-hydrogen) atoms. The first-order chi connectivity index (χ1) is 7.77. The molecule has 0 aromatic heterocycles. The highest BCUT2D eigenvalue weighted by Gasteiger charge is 2.24. The fourth-order valence-electron chi connectivity index (χ4n) is 2.89. The molecule has 1 N–H and O–H groups in total. The van der Waals surface area contributed by atoms with E-state index in [-0.39, 0.29) is 0 Å². The van der Waals surface area contributed by atoms with Crippen LogP contribution in [0, 0.1) is 5.92 Å². The van der Waals surface area contributed by atoms with Crippen molar-refractivity contribution >= 4 is 0 Å². The summed E-state index contributed by atoms with van der Waals surface area (Å²) in [5.41, 5.74) is 0. The zero-order valence-electron chi connectivity index (χ0n) is 11.3. The lowest BCUT2D eigenvalue weighted by atomic mass is 9.81. The van der Waals surface area contributed by atoms with Crippen LogP contribution in [0.2, 0.25) is 0 Å². The molecule has 2 nitrogen and oxygen atoms in total. The van der Waals surface area contributed by atoms with Crippen molar-refractivity contribution in [2.75, 3.05) is 13.7 Å². The molecule has 3 atom stereocenters. The number of hydrogen-bond acceptors (Lipinski definition) is 2. The molecule has 0 aromatic carbocycles. The van der Waals surface area contributed by atoms with Crippen LogP contribution in [0.1, 0.15) is 58.8 Å². The molecule has 1 rings (SSSR count). The molecule has 0 aromatic rings. The van der Waals surface area contributed by atoms with Crippen molar-refractivity contribution in [3.63, 3.8) is 0 Å². The van der Waals surface area contributed by atoms with Crippen LogP contribution in [0.4, 0.5) is 0 Å². The van der Waals surface area contributed by atoms with Crippen molar-refractivity contribution in [1.82, 2.24) is 5.32 Å². The van der Waals surface area contributed by atoms with Gasteiger partial charge < -0.3 is 10.1 Å². The van der Waals surface area contributed by atoms with Crippen LogP contribution in [-0.4, -0.2) is 25.8 Å². The Kier molecular flexibility index (Phi) is 7.06. The van der Waals surface area contributed by atoms with Crippen LogP contribution >= 0.6 is 0 Å². The first-order valence-corrected chi connectivity index (χ1v) is 7.03. The fraction of sp³-hybridized carbons (Fsp3) is 1.00. The summed E-state index contributed by atoms with van der Waals surface area (Å²) >= 11 is 0. The van der Waals surface area contributed by atoms with E-state index in [2.05, 4.69) is 19.2 Å². The molecule has 0 amide bonds. The average molecular weight is 227 g/mol. The number of methoxy groups -OCH3 is 1. The molecule has 3 unspecified atom stereocenters. The Hall–Kier alpha value is -0.0800. The van der Waals surface area contributed by atoms with Crippen molar-refractivity contribution in [1.29, 1.82) is 0 Å². The molecule has 0 spiro atoms. The Bertz CT molecular complexity index is 170. The quantitative estimate of drug-likeness (QED) is 0.720. The second-order valence-corrected chi connectivity index (χ2v) is 5.29. The molecule has 1 aliphatic rings. The monoisotopic (exact) mass is 227 g/mol. The van der Waals surface area contributed by atoms with E-state index in [4.69, 9.17) is 4.74 Å². The predicted octanol–water partition coefficient (Wildman–Crippen LogP) is 3.36. The third kappa shape index (κ3) is 4.84. The molecule has 1 saturated carbocycles. The fourth-order valence-corrected chi connectivity index (χ4v) is 2.89. The summed E-state index contributed by atoms with van der Waals surface area (Å²) < 4.78 is 5.14. The molecular weight excluding hydrogens is 198 g/mol. The normalized spacial score (nSPS) is 27.9. The van der Waals surface area contributed by atoms with Crippen LogP contribution in [0.5, 0.6) is 0 Å². The van der Waals surface area contributed by atoms with Gasteiger partial charge in [-0.3, -0.25) is 0 Å². The van der Waals surface area contributed by atoms with Crippen molar-refractivity contribution in [2.24, 2.45) is 5.92 Å². The lowest BCUT2D eigenvalue weighted by Gasteiger charge is -2.34. The van der Waals surface area contributed by atoms with Gasteiger partial charge in [-0.15, -0.1) is 0 Å². The minimum absolute atomic E-state index is 0.599. The van der Waals surface area contributed by atoms with Gasteiger partial charge in [-0.2, -0.15) is 0 Å². The Labute approximate surface area is 101 Å². The van der Waals surface area contributed by atoms with Crippen LogP contribution in [0.15, 0.2) is 0 Å². The van der Waals surface area contributed by atoms with E-state index in [0.717, 1.165) is 25.0 Å². The smallest absolute Gasteiger partial charge is 0.0476 e. The second kappa shape index (κ2) is 8.08. The predicted molar refractivity (Wildman–Crippen MR) is 69.7 cm³/mol. The number of ether oxygens (including phenoxy) is 1. The lowest BCUT2D eigenvalue weighted by molar-refractivity contribution is 0.171. The van der Waals surface area contributed by atoms with E-state index in [1.807, 2.05) is 0 Å². The first-order valence-electron chi connectivity index (χ1n) is 7.03. The van der Waals surface area contributed by atoms with E-state index in [1.165, 1.54) is 38.5 Å². The maximum atomic E-state index is 5.14. The second-order valence-electron chi connectivity index (χ2n) is 5.29. The standard InChI is InChI=1S/C14H29NO/c1-4-7-13-8-5-6-9-14(13)15-12(2)10-11-16-3/h12-15H,4-11H2,1-3H3. The highest BCUT2D eigenvalue weighted by atomic mass is 16.5. The zero-order chi connectivity index (χ0) is 11.8. The van der Waals surface area contributed by atoms with Gasteiger partial charge in [0.15, 0.2) is 0 Å². The number of rotatable bonds is 7. The van der Waals surface area contributed by atoms with Gasteiger partial charge >= 0.3 is 0 Å². The van der Waals surface area contributed by atoms with Gasteiger partial charge in [0.2, 0.25) is 0 Å². The lowest BCUT2D eigenvalue weighted by Crippen LogP contribution is -2.43. The zero-order valence-corrected chi connectivity index (χ0v) is 11.3. The SMILES string of the molecule is CCCC1CCCCC1NC(C)CCOC. The van der Waals surface area contributed by atoms with Gasteiger partial charge in [0.25, 0.3) is 0 Å². The van der Waals surface area contributed by atoms with E-state index in [9.17, 15) is 0 Å². The van der Waals surface area contributed by atoms with Crippen LogP contribution in [0.25, 0.3) is 0 Å². The summed E-state index contributed by atoms with van der Waals surface area (Å²) in [6.45, 7) is 5.47. The maximum Gasteiger partial charge on any atom is 0.0476 e. The van der Waals surface area contributed by atoms with E-state index in [0.29, 0.717) is 6.04 Å². The van der Waals surface area contributed by atoms with Crippen LogP contribution in [-0.2, 0) is 4.74 Å². The Morgan fingerprint density at radius 1 is 1.31 bits per heavy atom. The van der Waals surface area contributed by atoms with Crippen molar-refractivity contribution in [3.05, 3.63) is 0 Å². The Morgan fingerprint density at radius 2 is 2.06 bits per heavy atom. The summed E-state index contributed by atoms with van der Waals surface area (Å²) in [5.74, 6) is 0.920. The highest BCUT2D eigenvalue weighted by molar-refractivity contribution is 4.82. The van der Waals surface area contributed by atoms with Gasteiger partial charge in [-0.05, 0) is 38.5 Å². The van der Waals surface area contributed by atoms with Crippen molar-refractivity contribution < 1.29 is 4.74 Å². The molecular formula is C14H29NO. The summed E-state index contributed by atoms with van der Waals surface area (Å²) in [4.78, 5) is 0. The van der Waals surface area contributed by atoms with Gasteiger partial charge in [0, 0.05) is 25.8 Å². The summed E-state index contributed by atoms with van der Waals surface area (Å²) in [6.07, 6.45) is 9.52. The topological polar surface area (TPSA) is 21.3 Å². The average Bonchev–Trinajstić information content (AvgIpc) is 2.29. The molecule has 2 heteroatoms. The van der Waals surface area contributed by atoms with Crippen LogP contribution in [0.3, 0.4) is 0 Å². The molecule has 0 saturated heterocycles. The molecule has 0 radical (unpaired) electrons. The Balaban J connectivity index is 2.30. The first kappa shape index (κ1) is 14.0. The Morgan fingerprint density at radius 3 is 2.75 bits per heavy atom. The molecule has 1 aliphatic carbocycles. The van der Waals surface area contributed by atoms with Crippen molar-refractivity contribution in [3.8, 4) is 0 Å². The van der Waals surface area contributed by atoms with Gasteiger partial charge in [0.1, 0.15) is 0 Å². The highest BCUT2D eigenvalue weighted by Crippen LogP contribution is 2.28. The number of nitrogens with one attached hydrogen (secondary N) is 1. The summed E-state index contributed by atoms with van der Waals surface area (Å²) in [6, 6.07) is 1.36. The molecule has 0 bridgehead atoms.